The van der Waals surface area contributed by atoms with Crippen LogP contribution in [0.4, 0.5) is 5.95 Å². The highest BCUT2D eigenvalue weighted by atomic mass is 16.4. The zero-order valence-electron chi connectivity index (χ0n) is 9.06. The minimum absolute atomic E-state index is 0.191. The monoisotopic (exact) mass is 225 g/mol. The predicted octanol–water partition coefficient (Wildman–Crippen LogP) is 0.825. The SMILES string of the molecule is CCCCC(Nc1nccc(=O)[nH]1)C(=O)O. The van der Waals surface area contributed by atoms with Gasteiger partial charge in [-0.1, -0.05) is 19.8 Å². The van der Waals surface area contributed by atoms with E-state index in [1.54, 1.807) is 0 Å². The summed E-state index contributed by atoms with van der Waals surface area (Å²) < 4.78 is 0. The molecule has 16 heavy (non-hydrogen) atoms. The first-order valence-electron chi connectivity index (χ1n) is 5.18. The Morgan fingerprint density at radius 2 is 2.44 bits per heavy atom. The van der Waals surface area contributed by atoms with Crippen molar-refractivity contribution in [1.82, 2.24) is 9.97 Å². The third-order valence-electron chi connectivity index (χ3n) is 2.13. The van der Waals surface area contributed by atoms with Crippen LogP contribution in [0, 0.1) is 0 Å². The van der Waals surface area contributed by atoms with Crippen LogP contribution in [-0.2, 0) is 4.79 Å². The second-order valence-electron chi connectivity index (χ2n) is 3.46. The number of hydrogen-bond acceptors (Lipinski definition) is 4. The molecule has 1 atom stereocenters. The molecule has 6 heteroatoms. The lowest BCUT2D eigenvalue weighted by Gasteiger charge is -2.13. The van der Waals surface area contributed by atoms with Crippen LogP contribution in [0.2, 0.25) is 0 Å². The van der Waals surface area contributed by atoms with Gasteiger partial charge in [-0.15, -0.1) is 0 Å². The van der Waals surface area contributed by atoms with Crippen molar-refractivity contribution in [1.29, 1.82) is 0 Å². The van der Waals surface area contributed by atoms with E-state index in [9.17, 15) is 9.59 Å². The molecule has 1 unspecified atom stereocenters. The zero-order chi connectivity index (χ0) is 12.0. The number of aromatic amines is 1. The van der Waals surface area contributed by atoms with Gasteiger partial charge in [-0.3, -0.25) is 9.78 Å². The second-order valence-corrected chi connectivity index (χ2v) is 3.46. The molecule has 6 nitrogen and oxygen atoms in total. The molecule has 88 valence electrons. The molecule has 0 aliphatic carbocycles. The van der Waals surface area contributed by atoms with Crippen LogP contribution in [0.15, 0.2) is 17.1 Å². The van der Waals surface area contributed by atoms with Crippen LogP contribution in [0.5, 0.6) is 0 Å². The average Bonchev–Trinajstić information content (AvgIpc) is 2.24. The van der Waals surface area contributed by atoms with E-state index in [1.165, 1.54) is 12.3 Å². The van der Waals surface area contributed by atoms with E-state index >= 15 is 0 Å². The predicted molar refractivity (Wildman–Crippen MR) is 59.4 cm³/mol. The first-order chi connectivity index (χ1) is 7.63. The minimum atomic E-state index is -0.944. The van der Waals surface area contributed by atoms with Crippen LogP contribution < -0.4 is 10.9 Å². The summed E-state index contributed by atoms with van der Waals surface area (Å²) in [5.74, 6) is -0.754. The number of carbonyl (C=O) groups is 1. The molecule has 0 aromatic carbocycles. The van der Waals surface area contributed by atoms with Crippen molar-refractivity contribution in [2.24, 2.45) is 0 Å². The standard InChI is InChI=1S/C10H15N3O3/c1-2-3-4-7(9(15)16)12-10-11-6-5-8(14)13-10/h5-7H,2-4H2,1H3,(H,15,16)(H2,11,12,13,14). The van der Waals surface area contributed by atoms with Gasteiger partial charge in [0.25, 0.3) is 5.56 Å². The Kier molecular flexibility index (Phi) is 4.50. The Labute approximate surface area is 92.7 Å². The molecule has 0 fully saturated rings. The van der Waals surface area contributed by atoms with Gasteiger partial charge < -0.3 is 10.4 Å². The van der Waals surface area contributed by atoms with Crippen LogP contribution in [0.25, 0.3) is 0 Å². The van der Waals surface area contributed by atoms with Crippen molar-refractivity contribution in [2.45, 2.75) is 32.2 Å². The topological polar surface area (TPSA) is 95.1 Å². The Morgan fingerprint density at radius 1 is 1.69 bits per heavy atom. The number of anilines is 1. The maximum Gasteiger partial charge on any atom is 0.326 e. The number of nitrogens with one attached hydrogen (secondary N) is 2. The fourth-order valence-corrected chi connectivity index (χ4v) is 1.27. The molecule has 1 rings (SSSR count). The summed E-state index contributed by atoms with van der Waals surface area (Å²) in [6.07, 6.45) is 3.57. The maximum atomic E-state index is 11.0. The zero-order valence-corrected chi connectivity index (χ0v) is 9.06. The van der Waals surface area contributed by atoms with Gasteiger partial charge in [0.15, 0.2) is 0 Å². The summed E-state index contributed by atoms with van der Waals surface area (Å²) in [5.41, 5.74) is -0.308. The van der Waals surface area contributed by atoms with E-state index in [-0.39, 0.29) is 11.5 Å². The highest BCUT2D eigenvalue weighted by molar-refractivity contribution is 5.76. The molecular weight excluding hydrogens is 210 g/mol. The Hall–Kier alpha value is -1.85. The molecule has 3 N–H and O–H groups in total. The van der Waals surface area contributed by atoms with Crippen LogP contribution in [0.3, 0.4) is 0 Å². The van der Waals surface area contributed by atoms with Gasteiger partial charge in [0.1, 0.15) is 6.04 Å². The molecule has 0 saturated carbocycles. The normalized spacial score (nSPS) is 12.1. The van der Waals surface area contributed by atoms with E-state index in [0.29, 0.717) is 6.42 Å². The quantitative estimate of drug-likeness (QED) is 0.666. The molecule has 1 heterocycles. The van der Waals surface area contributed by atoms with Gasteiger partial charge in [-0.2, -0.15) is 0 Å². The highest BCUT2D eigenvalue weighted by Crippen LogP contribution is 2.05. The summed E-state index contributed by atoms with van der Waals surface area (Å²) in [5, 5.41) is 11.6. The lowest BCUT2D eigenvalue weighted by molar-refractivity contribution is -0.138. The van der Waals surface area contributed by atoms with Crippen LogP contribution in [0.1, 0.15) is 26.2 Å². The summed E-state index contributed by atoms with van der Waals surface area (Å²) in [6, 6.07) is 0.554. The van der Waals surface area contributed by atoms with E-state index in [4.69, 9.17) is 5.11 Å². The summed E-state index contributed by atoms with van der Waals surface area (Å²) in [6.45, 7) is 1.99. The number of carboxylic acid groups (broad SMARTS) is 1. The molecule has 0 radical (unpaired) electrons. The van der Waals surface area contributed by atoms with E-state index in [1.807, 2.05) is 6.92 Å². The number of carboxylic acids is 1. The van der Waals surface area contributed by atoms with Crippen LogP contribution in [-0.4, -0.2) is 27.1 Å². The first kappa shape index (κ1) is 12.2. The van der Waals surface area contributed by atoms with Gasteiger partial charge in [0, 0.05) is 12.3 Å². The van der Waals surface area contributed by atoms with E-state index in [2.05, 4.69) is 15.3 Å². The number of aromatic nitrogens is 2. The number of hydrogen-bond donors (Lipinski definition) is 3. The number of H-pyrrole nitrogens is 1. The highest BCUT2D eigenvalue weighted by Gasteiger charge is 2.16. The molecule has 0 aliphatic rings. The molecule has 1 aromatic rings. The summed E-state index contributed by atoms with van der Waals surface area (Å²) >= 11 is 0. The van der Waals surface area contributed by atoms with Crippen molar-refractivity contribution in [3.05, 3.63) is 22.6 Å². The second kappa shape index (κ2) is 5.89. The van der Waals surface area contributed by atoms with Gasteiger partial charge in [-0.25, -0.2) is 9.78 Å². The van der Waals surface area contributed by atoms with Gasteiger partial charge in [0.05, 0.1) is 0 Å². The lowest BCUT2D eigenvalue weighted by atomic mass is 10.1. The molecule has 0 bridgehead atoms. The van der Waals surface area contributed by atoms with Crippen molar-refractivity contribution >= 4 is 11.9 Å². The minimum Gasteiger partial charge on any atom is -0.480 e. The largest absolute Gasteiger partial charge is 0.480 e. The third-order valence-corrected chi connectivity index (χ3v) is 2.13. The number of unbranched alkanes of at least 4 members (excludes halogenated alkanes) is 1. The van der Waals surface area contributed by atoms with Gasteiger partial charge >= 0.3 is 5.97 Å². The van der Waals surface area contributed by atoms with Crippen molar-refractivity contribution in [3.63, 3.8) is 0 Å². The number of aliphatic carboxylic acids is 1. The Bertz CT molecular complexity index is 402. The van der Waals surface area contributed by atoms with Crippen molar-refractivity contribution in [3.8, 4) is 0 Å². The van der Waals surface area contributed by atoms with Gasteiger partial charge in [-0.05, 0) is 6.42 Å². The van der Waals surface area contributed by atoms with E-state index in [0.717, 1.165) is 12.8 Å². The molecule has 0 aliphatic heterocycles. The Balaban J connectivity index is 2.67. The fourth-order valence-electron chi connectivity index (χ4n) is 1.27. The van der Waals surface area contributed by atoms with Crippen LogP contribution >= 0.6 is 0 Å². The molecular formula is C10H15N3O3. The first-order valence-corrected chi connectivity index (χ1v) is 5.18. The fraction of sp³-hybridized carbons (Fsp3) is 0.500. The molecule has 0 amide bonds. The average molecular weight is 225 g/mol. The summed E-state index contributed by atoms with van der Waals surface area (Å²) in [7, 11) is 0. The van der Waals surface area contributed by atoms with E-state index < -0.39 is 12.0 Å². The van der Waals surface area contributed by atoms with Gasteiger partial charge in [0.2, 0.25) is 5.95 Å². The third kappa shape index (κ3) is 3.72. The molecule has 1 aromatic heterocycles. The maximum absolute atomic E-state index is 11.0. The number of nitrogens with zero attached hydrogens (tertiary/aromatic N) is 1. The molecule has 0 saturated heterocycles. The van der Waals surface area contributed by atoms with Crippen molar-refractivity contribution < 1.29 is 9.90 Å². The van der Waals surface area contributed by atoms with Crippen molar-refractivity contribution in [2.75, 3.05) is 5.32 Å². The lowest BCUT2D eigenvalue weighted by Crippen LogP contribution is -2.30. The molecule has 0 spiro atoms. The summed E-state index contributed by atoms with van der Waals surface area (Å²) in [4.78, 5) is 28.2. The smallest absolute Gasteiger partial charge is 0.326 e. The number of rotatable bonds is 6. The Morgan fingerprint density at radius 3 is 3.00 bits per heavy atom.